The predicted molar refractivity (Wildman–Crippen MR) is 125 cm³/mol. The monoisotopic (exact) mass is 424 g/mol. The minimum atomic E-state index is -0.479. The largest absolute Gasteiger partial charge is 0.396 e. The second kappa shape index (κ2) is 11.8. The molecule has 0 aromatic heterocycles. The number of hydrogen-bond acceptors (Lipinski definition) is 4. The molecule has 2 amide bonds. The summed E-state index contributed by atoms with van der Waals surface area (Å²) in [6, 6.07) is 18.2. The number of piperazine rings is 1. The topological polar surface area (TPSA) is 81.8 Å². The van der Waals surface area contributed by atoms with E-state index in [9.17, 15) is 9.90 Å². The molecule has 1 saturated heterocycles. The number of carbonyl (C=O) groups is 1. The van der Waals surface area contributed by atoms with Crippen molar-refractivity contribution >= 4 is 6.03 Å². The lowest BCUT2D eigenvalue weighted by molar-refractivity contribution is 0.125. The molecule has 1 unspecified atom stereocenters. The van der Waals surface area contributed by atoms with Crippen LogP contribution in [0.25, 0.3) is 0 Å². The maximum Gasteiger partial charge on any atom is 0.312 e. The normalized spacial score (nSPS) is 17.2. The van der Waals surface area contributed by atoms with E-state index in [0.29, 0.717) is 12.8 Å². The number of benzene rings is 2. The van der Waals surface area contributed by atoms with E-state index in [1.54, 1.807) is 0 Å². The average Bonchev–Trinajstić information content (AvgIpc) is 2.75. The molecule has 0 radical (unpaired) electrons. The summed E-state index contributed by atoms with van der Waals surface area (Å²) in [6.45, 7) is 5.26. The van der Waals surface area contributed by atoms with E-state index in [0.717, 1.165) is 50.3 Å². The highest BCUT2D eigenvalue weighted by atomic mass is 16.3. The van der Waals surface area contributed by atoms with Gasteiger partial charge in [-0.1, -0.05) is 54.6 Å². The van der Waals surface area contributed by atoms with Gasteiger partial charge in [-0.2, -0.15) is 0 Å². The molecule has 1 heterocycles. The molecule has 0 aliphatic carbocycles. The van der Waals surface area contributed by atoms with Gasteiger partial charge in [-0.3, -0.25) is 0 Å². The van der Waals surface area contributed by atoms with E-state index >= 15 is 0 Å². The third-order valence-corrected chi connectivity index (χ3v) is 6.17. The number of urea groups is 1. The number of aliphatic hydroxyl groups is 1. The molecule has 0 spiro atoms. The lowest BCUT2D eigenvalue weighted by Gasteiger charge is -2.37. The number of nitrogens with two attached hydrogens (primary N) is 1. The molecule has 2 aromatic rings. The lowest BCUT2D eigenvalue weighted by atomic mass is 9.87. The molecule has 1 aliphatic rings. The van der Waals surface area contributed by atoms with Crippen molar-refractivity contribution in [1.82, 2.24) is 15.1 Å². The highest BCUT2D eigenvalue weighted by Gasteiger charge is 2.27. The molecule has 3 rings (SSSR count). The van der Waals surface area contributed by atoms with Crippen molar-refractivity contribution < 1.29 is 9.90 Å². The quantitative estimate of drug-likeness (QED) is 0.544. The van der Waals surface area contributed by atoms with Crippen LogP contribution in [-0.2, 0) is 19.3 Å². The summed E-state index contributed by atoms with van der Waals surface area (Å²) in [4.78, 5) is 16.8. The molecule has 0 bridgehead atoms. The Morgan fingerprint density at radius 2 is 1.68 bits per heavy atom. The van der Waals surface area contributed by atoms with Crippen LogP contribution in [-0.4, -0.2) is 73.4 Å². The first kappa shape index (κ1) is 23.3. The van der Waals surface area contributed by atoms with Crippen molar-refractivity contribution in [3.05, 3.63) is 71.3 Å². The zero-order valence-corrected chi connectivity index (χ0v) is 18.5. The van der Waals surface area contributed by atoms with Crippen molar-refractivity contribution in [1.29, 1.82) is 0 Å². The van der Waals surface area contributed by atoms with Crippen LogP contribution < -0.4 is 11.1 Å². The first-order chi connectivity index (χ1) is 15.0. The van der Waals surface area contributed by atoms with Gasteiger partial charge >= 0.3 is 6.03 Å². The lowest BCUT2D eigenvalue weighted by Crippen LogP contribution is -2.52. The van der Waals surface area contributed by atoms with E-state index < -0.39 is 6.03 Å². The Hall–Kier alpha value is -2.41. The fourth-order valence-electron chi connectivity index (χ4n) is 4.43. The molecule has 6 nitrogen and oxygen atoms in total. The summed E-state index contributed by atoms with van der Waals surface area (Å²) >= 11 is 0. The van der Waals surface area contributed by atoms with Gasteiger partial charge in [-0.05, 0) is 48.9 Å². The number of aliphatic hydroxyl groups excluding tert-OH is 1. The second-order valence-electron chi connectivity index (χ2n) is 8.67. The molecular weight excluding hydrogens is 388 g/mol. The van der Waals surface area contributed by atoms with Crippen LogP contribution in [0.3, 0.4) is 0 Å². The number of carbonyl (C=O) groups excluding carboxylic acids is 1. The van der Waals surface area contributed by atoms with Crippen molar-refractivity contribution in [2.75, 3.05) is 46.4 Å². The van der Waals surface area contributed by atoms with Crippen LogP contribution in [0.4, 0.5) is 4.79 Å². The Kier molecular flexibility index (Phi) is 8.88. The zero-order valence-electron chi connectivity index (χ0n) is 18.5. The van der Waals surface area contributed by atoms with Crippen molar-refractivity contribution in [2.45, 2.75) is 25.3 Å². The van der Waals surface area contributed by atoms with Crippen LogP contribution >= 0.6 is 0 Å². The van der Waals surface area contributed by atoms with E-state index in [1.165, 1.54) is 5.56 Å². The smallest absolute Gasteiger partial charge is 0.312 e. The van der Waals surface area contributed by atoms with Crippen LogP contribution in [0.15, 0.2) is 54.6 Å². The van der Waals surface area contributed by atoms with Gasteiger partial charge in [0.2, 0.25) is 0 Å². The predicted octanol–water partition coefficient (Wildman–Crippen LogP) is 1.91. The number of likely N-dealkylation sites (N-methyl/N-ethyl adjacent to an activating group) is 1. The average molecular weight is 425 g/mol. The van der Waals surface area contributed by atoms with Crippen LogP contribution in [0.2, 0.25) is 0 Å². The van der Waals surface area contributed by atoms with Crippen LogP contribution in [0.5, 0.6) is 0 Å². The third-order valence-electron chi connectivity index (χ3n) is 6.17. The van der Waals surface area contributed by atoms with Gasteiger partial charge in [0, 0.05) is 45.4 Å². The summed E-state index contributed by atoms with van der Waals surface area (Å²) < 4.78 is 0. The number of rotatable bonds is 10. The highest BCUT2D eigenvalue weighted by molar-refractivity contribution is 5.72. The number of nitrogens with zero attached hydrogens (tertiary/aromatic N) is 2. The van der Waals surface area contributed by atoms with Crippen LogP contribution in [0.1, 0.15) is 16.7 Å². The van der Waals surface area contributed by atoms with Crippen molar-refractivity contribution in [3.8, 4) is 0 Å². The zero-order chi connectivity index (χ0) is 22.1. The number of primary amides is 1. The van der Waals surface area contributed by atoms with Gasteiger partial charge < -0.3 is 26.0 Å². The Bertz CT molecular complexity index is 806. The number of hydrogen-bond donors (Lipinski definition) is 3. The number of nitrogens with one attached hydrogen (secondary N) is 1. The molecule has 0 saturated carbocycles. The minimum absolute atomic E-state index is 0.0678. The molecule has 31 heavy (non-hydrogen) atoms. The van der Waals surface area contributed by atoms with Crippen LogP contribution in [0, 0.1) is 5.92 Å². The van der Waals surface area contributed by atoms with Gasteiger partial charge in [0.05, 0.1) is 0 Å². The molecule has 2 aromatic carbocycles. The van der Waals surface area contributed by atoms with E-state index in [4.69, 9.17) is 5.73 Å². The summed E-state index contributed by atoms with van der Waals surface area (Å²) in [5, 5.41) is 12.3. The SMILES string of the molecule is CN1CCN(C[C@H](Cc2ccccc2)C(Cc2cccc(CCO)c2)NC(N)=O)CC1. The first-order valence-corrected chi connectivity index (χ1v) is 11.2. The van der Waals surface area contributed by atoms with Gasteiger partial charge in [0.15, 0.2) is 0 Å². The second-order valence-corrected chi connectivity index (χ2v) is 8.67. The summed E-state index contributed by atoms with van der Waals surface area (Å²) in [7, 11) is 2.16. The molecule has 2 atom stereocenters. The molecule has 168 valence electrons. The molecular formula is C25H36N4O2. The Balaban J connectivity index is 1.81. The van der Waals surface area contributed by atoms with E-state index in [-0.39, 0.29) is 18.6 Å². The third kappa shape index (κ3) is 7.65. The molecule has 4 N–H and O–H groups in total. The highest BCUT2D eigenvalue weighted by Crippen LogP contribution is 2.20. The molecule has 1 fully saturated rings. The fourth-order valence-corrected chi connectivity index (χ4v) is 4.43. The molecule has 6 heteroatoms. The van der Waals surface area contributed by atoms with Crippen molar-refractivity contribution in [2.24, 2.45) is 11.7 Å². The maximum atomic E-state index is 11.9. The maximum absolute atomic E-state index is 11.9. The van der Waals surface area contributed by atoms with Gasteiger partial charge in [-0.25, -0.2) is 4.79 Å². The fraction of sp³-hybridized carbons (Fsp3) is 0.480. The Labute approximate surface area is 186 Å². The first-order valence-electron chi connectivity index (χ1n) is 11.2. The minimum Gasteiger partial charge on any atom is -0.396 e. The molecule has 1 aliphatic heterocycles. The van der Waals surface area contributed by atoms with E-state index in [1.807, 2.05) is 18.2 Å². The van der Waals surface area contributed by atoms with Gasteiger partial charge in [-0.15, -0.1) is 0 Å². The summed E-state index contributed by atoms with van der Waals surface area (Å²) in [5.74, 6) is 0.236. The Morgan fingerprint density at radius 3 is 2.35 bits per heavy atom. The standard InChI is InChI=1S/C25H36N4O2/c1-28-11-13-29(14-12-28)19-23(17-20-6-3-2-4-7-20)24(27-25(26)31)18-22-9-5-8-21(16-22)10-15-30/h2-9,16,23-24,30H,10-15,17-19H2,1H3,(H3,26,27,31)/t23-,24?/m0/s1. The summed E-state index contributed by atoms with van der Waals surface area (Å²) in [5.41, 5.74) is 9.14. The summed E-state index contributed by atoms with van der Waals surface area (Å²) in [6.07, 6.45) is 2.23. The van der Waals surface area contributed by atoms with E-state index in [2.05, 4.69) is 58.6 Å². The van der Waals surface area contributed by atoms with Gasteiger partial charge in [0.25, 0.3) is 0 Å². The van der Waals surface area contributed by atoms with Crippen molar-refractivity contribution in [3.63, 3.8) is 0 Å². The number of amides is 2. The van der Waals surface area contributed by atoms with Gasteiger partial charge in [0.1, 0.15) is 0 Å². The Morgan fingerprint density at radius 1 is 1.00 bits per heavy atom.